The molecule has 5 nitrogen and oxygen atoms in total. The van der Waals surface area contributed by atoms with Crippen LogP contribution in [-0.2, 0) is 19.1 Å². The third kappa shape index (κ3) is 11.2. The van der Waals surface area contributed by atoms with Gasteiger partial charge in [-0.1, -0.05) is 34.1 Å². The van der Waals surface area contributed by atoms with Crippen molar-refractivity contribution in [2.75, 3.05) is 19.0 Å². The van der Waals surface area contributed by atoms with Gasteiger partial charge in [0.25, 0.3) is 0 Å². The van der Waals surface area contributed by atoms with Gasteiger partial charge in [-0.25, -0.2) is 9.79 Å². The van der Waals surface area contributed by atoms with Crippen molar-refractivity contribution in [3.63, 3.8) is 0 Å². The Bertz CT molecular complexity index is 543. The number of ether oxygens (including phenoxy) is 2. The molecule has 0 saturated heterocycles. The fraction of sp³-hybridized carbons (Fsp3) is 0.810. The number of rotatable bonds is 11. The number of nitrogens with zero attached hydrogens (tertiary/aromatic N) is 1. The summed E-state index contributed by atoms with van der Waals surface area (Å²) in [6.45, 7) is 16.5. The maximum Gasteiger partial charge on any atom is 0.345 e. The molecule has 0 N–H and O–H groups in total. The summed E-state index contributed by atoms with van der Waals surface area (Å²) in [6.07, 6.45) is 2.77. The Morgan fingerprint density at radius 2 is 1.63 bits per heavy atom. The molecule has 0 saturated carbocycles. The number of hydrogen-bond donors (Lipinski definition) is 0. The van der Waals surface area contributed by atoms with Gasteiger partial charge in [-0.3, -0.25) is 4.79 Å². The lowest BCUT2D eigenvalue weighted by molar-refractivity contribution is -0.145. The Morgan fingerprint density at radius 1 is 1.04 bits per heavy atom. The van der Waals surface area contributed by atoms with E-state index >= 15 is 0 Å². The Balaban J connectivity index is 5.94. The molecular formula is C21H37NO4S. The van der Waals surface area contributed by atoms with Gasteiger partial charge in [0.05, 0.1) is 18.8 Å². The van der Waals surface area contributed by atoms with E-state index in [-0.39, 0.29) is 24.2 Å². The quantitative estimate of drug-likeness (QED) is 0.216. The predicted octanol–water partition coefficient (Wildman–Crippen LogP) is 4.83. The van der Waals surface area contributed by atoms with Gasteiger partial charge < -0.3 is 9.47 Å². The molecule has 1 atom stereocenters. The molecule has 0 amide bonds. The molecule has 0 spiro atoms. The molecule has 1 unspecified atom stereocenters. The van der Waals surface area contributed by atoms with Gasteiger partial charge >= 0.3 is 11.9 Å². The van der Waals surface area contributed by atoms with Crippen LogP contribution in [0.1, 0.15) is 74.7 Å². The summed E-state index contributed by atoms with van der Waals surface area (Å²) in [5.74, 6) is 2.62. The lowest BCUT2D eigenvalue weighted by atomic mass is 9.82. The van der Waals surface area contributed by atoms with Crippen LogP contribution < -0.4 is 0 Å². The van der Waals surface area contributed by atoms with Gasteiger partial charge in [-0.05, 0) is 57.6 Å². The molecule has 0 radical (unpaired) electrons. The van der Waals surface area contributed by atoms with Crippen LogP contribution in [0.5, 0.6) is 0 Å². The highest BCUT2D eigenvalue weighted by Gasteiger charge is 2.32. The van der Waals surface area contributed by atoms with Crippen LogP contribution in [0.15, 0.2) is 10.6 Å². The summed E-state index contributed by atoms with van der Waals surface area (Å²) >= 11 is 1.39. The zero-order valence-corrected chi connectivity index (χ0v) is 19.1. The van der Waals surface area contributed by atoms with Gasteiger partial charge in [-0.15, -0.1) is 11.8 Å². The van der Waals surface area contributed by atoms with Crippen LogP contribution >= 0.6 is 11.8 Å². The van der Waals surface area contributed by atoms with Crippen molar-refractivity contribution in [1.29, 1.82) is 0 Å². The normalized spacial score (nSPS) is 12.7. The molecule has 0 aromatic rings. The zero-order chi connectivity index (χ0) is 21.1. The Morgan fingerprint density at radius 3 is 2.11 bits per heavy atom. The molecule has 0 aromatic heterocycles. The highest BCUT2D eigenvalue weighted by molar-refractivity contribution is 8.00. The van der Waals surface area contributed by atoms with E-state index in [1.807, 2.05) is 13.8 Å². The minimum absolute atomic E-state index is 0.0786. The van der Waals surface area contributed by atoms with Crippen molar-refractivity contribution in [1.82, 2.24) is 0 Å². The molecule has 0 aliphatic rings. The van der Waals surface area contributed by atoms with E-state index in [0.717, 1.165) is 25.0 Å². The number of carbonyl (C=O) groups is 2. The third-order valence-corrected chi connectivity index (χ3v) is 4.77. The monoisotopic (exact) mass is 399 g/mol. The first-order valence-corrected chi connectivity index (χ1v) is 10.8. The summed E-state index contributed by atoms with van der Waals surface area (Å²) < 4.78 is 10.4. The molecule has 0 aliphatic carbocycles. The zero-order valence-electron chi connectivity index (χ0n) is 18.3. The summed E-state index contributed by atoms with van der Waals surface area (Å²) in [7, 11) is 0. The lowest BCUT2D eigenvalue weighted by Crippen LogP contribution is -2.29. The largest absolute Gasteiger partial charge is 0.465 e. The van der Waals surface area contributed by atoms with Gasteiger partial charge in [0.2, 0.25) is 0 Å². The average molecular weight is 400 g/mol. The van der Waals surface area contributed by atoms with E-state index in [9.17, 15) is 9.59 Å². The highest BCUT2D eigenvalue weighted by Crippen LogP contribution is 2.29. The Hall–Kier alpha value is -1.26. The number of unbranched alkanes of at least 4 members (excludes halogenated alkanes) is 1. The molecule has 0 aromatic carbocycles. The highest BCUT2D eigenvalue weighted by atomic mass is 32.2. The molecule has 0 bridgehead atoms. The maximum absolute atomic E-state index is 12.5. The molecule has 0 fully saturated rings. The van der Waals surface area contributed by atoms with Crippen LogP contribution in [0.25, 0.3) is 0 Å². The Labute approximate surface area is 169 Å². The first-order valence-electron chi connectivity index (χ1n) is 9.77. The predicted molar refractivity (Wildman–Crippen MR) is 114 cm³/mol. The van der Waals surface area contributed by atoms with Gasteiger partial charge in [-0.2, -0.15) is 0 Å². The van der Waals surface area contributed by atoms with E-state index in [0.29, 0.717) is 0 Å². The second-order valence-electron chi connectivity index (χ2n) is 8.26. The second kappa shape index (κ2) is 12.2. The number of aliphatic imine (C=N–C) groups is 1. The number of carbonyl (C=O) groups excluding carboxylic acids is 2. The first kappa shape index (κ1) is 25.7. The minimum atomic E-state index is -0.773. The molecule has 0 aliphatic heterocycles. The van der Waals surface area contributed by atoms with Crippen LogP contribution in [-0.4, -0.2) is 47.6 Å². The molecule has 156 valence electrons. The molecule has 0 rings (SSSR count). The van der Waals surface area contributed by atoms with Gasteiger partial charge in [0.15, 0.2) is 0 Å². The van der Waals surface area contributed by atoms with E-state index < -0.39 is 22.7 Å². The van der Waals surface area contributed by atoms with E-state index in [1.165, 1.54) is 11.8 Å². The van der Waals surface area contributed by atoms with Crippen molar-refractivity contribution in [3.8, 4) is 0 Å². The standard InChI is InChI=1S/C21H37NO4S/c1-9-12-13-27-17(19(24)26-11-3)16(18(23)25-10-2)14-22-21(7,8)15-20(4,5)6/h17H,9-13,15H2,1-8H3. The number of thioether (sulfide) groups is 1. The van der Waals surface area contributed by atoms with Gasteiger partial charge in [0.1, 0.15) is 10.8 Å². The van der Waals surface area contributed by atoms with Crippen molar-refractivity contribution >= 4 is 29.6 Å². The number of esters is 2. The van der Waals surface area contributed by atoms with Crippen molar-refractivity contribution in [3.05, 3.63) is 5.57 Å². The molecule has 0 heterocycles. The SMILES string of the molecule is CCCCSC(C(=O)OCC)C(=C=NC(C)(C)CC(C)(C)C)C(=O)OCC. The second-order valence-corrected chi connectivity index (χ2v) is 9.48. The van der Waals surface area contributed by atoms with Crippen molar-refractivity contribution in [2.24, 2.45) is 10.4 Å². The summed E-state index contributed by atoms with van der Waals surface area (Å²) in [6, 6.07) is 0. The summed E-state index contributed by atoms with van der Waals surface area (Å²) in [5.41, 5.74) is -0.197. The average Bonchev–Trinajstić information content (AvgIpc) is 2.51. The fourth-order valence-corrected chi connectivity index (χ4v) is 4.01. The van der Waals surface area contributed by atoms with Crippen LogP contribution in [0.4, 0.5) is 0 Å². The molecule has 6 heteroatoms. The van der Waals surface area contributed by atoms with E-state index in [2.05, 4.69) is 38.6 Å². The number of hydrogen-bond acceptors (Lipinski definition) is 6. The smallest absolute Gasteiger partial charge is 0.345 e. The summed E-state index contributed by atoms with van der Waals surface area (Å²) in [4.78, 5) is 29.5. The topological polar surface area (TPSA) is 65.0 Å². The molecule has 27 heavy (non-hydrogen) atoms. The van der Waals surface area contributed by atoms with Crippen LogP contribution in [0, 0.1) is 5.41 Å². The van der Waals surface area contributed by atoms with E-state index in [1.54, 1.807) is 13.8 Å². The minimum Gasteiger partial charge on any atom is -0.465 e. The third-order valence-electron chi connectivity index (χ3n) is 3.48. The van der Waals surface area contributed by atoms with Crippen molar-refractivity contribution < 1.29 is 19.1 Å². The van der Waals surface area contributed by atoms with Crippen LogP contribution in [0.2, 0.25) is 0 Å². The first-order chi connectivity index (χ1) is 12.5. The van der Waals surface area contributed by atoms with Gasteiger partial charge in [0, 0.05) is 0 Å². The Kier molecular flexibility index (Phi) is 11.7. The van der Waals surface area contributed by atoms with Crippen LogP contribution in [0.3, 0.4) is 0 Å². The maximum atomic E-state index is 12.5. The summed E-state index contributed by atoms with van der Waals surface area (Å²) in [5, 5.41) is -0.773. The molecular weight excluding hydrogens is 362 g/mol. The van der Waals surface area contributed by atoms with E-state index in [4.69, 9.17) is 9.47 Å². The van der Waals surface area contributed by atoms with Crippen molar-refractivity contribution in [2.45, 2.75) is 85.4 Å². The fourth-order valence-electron chi connectivity index (χ4n) is 2.80. The lowest BCUT2D eigenvalue weighted by Gasteiger charge is -2.28.